The van der Waals surface area contributed by atoms with Crippen molar-refractivity contribution in [3.05, 3.63) is 107 Å². The maximum atomic E-state index is 14.0. The zero-order valence-corrected chi connectivity index (χ0v) is 33.0. The number of anilines is 4. The second-order valence-corrected chi connectivity index (χ2v) is 15.7. The molecule has 4 aromatic carbocycles. The van der Waals surface area contributed by atoms with Gasteiger partial charge >= 0.3 is 0 Å². The monoisotopic (exact) mass is 816 g/mol. The fraction of sp³-hybridized carbons (Fsp3) is 0.341. The third-order valence-corrected chi connectivity index (χ3v) is 11.6. The highest BCUT2D eigenvalue weighted by molar-refractivity contribution is 6.11. The topological polar surface area (TPSA) is 162 Å². The molecule has 0 spiro atoms. The standard InChI is InChI=1S/C44H46F2N10O4/c45-29-20-28(21-30(46)23-29)19-27-1-5-36-35(22-27)42(53-52-36)51-43(58)34-4-3-33(25-37(34)49-31-9-17-60-18-10-31)55-15-13-54(14-16-55)12-11-47-32-2-6-39-38(24-32)48-26-56(39)40-7-8-41(57)50-44(40)59/h1-6,20-26,31,40,47,49H,7-19H2,(H,50,57,59)(H2,51,52,53,58). The summed E-state index contributed by atoms with van der Waals surface area (Å²) >= 11 is 0. The van der Waals surface area contributed by atoms with Crippen LogP contribution in [0, 0.1) is 11.6 Å². The van der Waals surface area contributed by atoms with Crippen LogP contribution >= 0.6 is 0 Å². The Kier molecular flexibility index (Phi) is 11.1. The zero-order valence-electron chi connectivity index (χ0n) is 33.0. The van der Waals surface area contributed by atoms with Gasteiger partial charge in [0.1, 0.15) is 17.7 Å². The molecule has 310 valence electrons. The number of carbonyl (C=O) groups is 3. The lowest BCUT2D eigenvalue weighted by molar-refractivity contribution is -0.135. The number of aromatic amines is 1. The van der Waals surface area contributed by atoms with E-state index in [1.807, 2.05) is 53.1 Å². The van der Waals surface area contributed by atoms with E-state index in [1.165, 1.54) is 12.1 Å². The van der Waals surface area contributed by atoms with Gasteiger partial charge in [-0.2, -0.15) is 5.10 Å². The molecule has 3 saturated heterocycles. The number of nitrogens with zero attached hydrogens (tertiary/aromatic N) is 5. The largest absolute Gasteiger partial charge is 0.384 e. The smallest absolute Gasteiger partial charge is 0.258 e. The predicted octanol–water partition coefficient (Wildman–Crippen LogP) is 5.84. The van der Waals surface area contributed by atoms with Crippen molar-refractivity contribution in [3.63, 3.8) is 0 Å². The highest BCUT2D eigenvalue weighted by Crippen LogP contribution is 2.30. The van der Waals surface area contributed by atoms with Gasteiger partial charge in [-0.1, -0.05) is 6.07 Å². The Labute approximate surface area is 344 Å². The van der Waals surface area contributed by atoms with Crippen LogP contribution in [-0.2, 0) is 20.7 Å². The van der Waals surface area contributed by atoms with Crippen molar-refractivity contribution in [2.24, 2.45) is 0 Å². The Morgan fingerprint density at radius 3 is 2.50 bits per heavy atom. The van der Waals surface area contributed by atoms with Gasteiger partial charge in [0, 0.05) is 93.5 Å². The van der Waals surface area contributed by atoms with Gasteiger partial charge in [0.2, 0.25) is 11.8 Å². The van der Waals surface area contributed by atoms with Crippen LogP contribution in [0.5, 0.6) is 0 Å². The molecule has 1 unspecified atom stereocenters. The Morgan fingerprint density at radius 2 is 1.70 bits per heavy atom. The number of carbonyl (C=O) groups excluding carboxylic acids is 3. The van der Waals surface area contributed by atoms with Crippen LogP contribution in [0.2, 0.25) is 0 Å². The van der Waals surface area contributed by atoms with Crippen molar-refractivity contribution in [1.82, 2.24) is 30.0 Å². The molecule has 1 atom stereocenters. The molecular weight excluding hydrogens is 771 g/mol. The summed E-state index contributed by atoms with van der Waals surface area (Å²) < 4.78 is 35.2. The van der Waals surface area contributed by atoms with Crippen LogP contribution in [-0.4, -0.2) is 101 Å². The third kappa shape index (κ3) is 8.65. The maximum absolute atomic E-state index is 14.0. The highest BCUT2D eigenvalue weighted by Gasteiger charge is 2.29. The number of rotatable bonds is 12. The number of hydrogen-bond donors (Lipinski definition) is 5. The van der Waals surface area contributed by atoms with E-state index in [0.717, 1.165) is 97.4 Å². The van der Waals surface area contributed by atoms with Crippen molar-refractivity contribution < 1.29 is 27.9 Å². The van der Waals surface area contributed by atoms with E-state index in [0.29, 0.717) is 54.8 Å². The van der Waals surface area contributed by atoms with Crippen molar-refractivity contribution in [1.29, 1.82) is 0 Å². The zero-order chi connectivity index (χ0) is 41.2. The number of nitrogens with one attached hydrogen (secondary N) is 5. The summed E-state index contributed by atoms with van der Waals surface area (Å²) in [5.41, 5.74) is 6.93. The first-order chi connectivity index (χ1) is 29.2. The number of halogens is 2. The molecule has 2 aromatic heterocycles. The maximum Gasteiger partial charge on any atom is 0.258 e. The van der Waals surface area contributed by atoms with Gasteiger partial charge in [-0.3, -0.25) is 29.7 Å². The number of hydrogen-bond acceptors (Lipinski definition) is 10. The molecule has 0 saturated carbocycles. The lowest BCUT2D eigenvalue weighted by atomic mass is 10.0. The number of piperidine rings is 1. The van der Waals surface area contributed by atoms with Crippen LogP contribution in [0.25, 0.3) is 21.9 Å². The quantitative estimate of drug-likeness (QED) is 0.0951. The van der Waals surface area contributed by atoms with Crippen molar-refractivity contribution in [2.75, 3.05) is 73.3 Å². The molecule has 3 fully saturated rings. The third-order valence-electron chi connectivity index (χ3n) is 11.6. The number of H-pyrrole nitrogens is 1. The van der Waals surface area contributed by atoms with Gasteiger partial charge in [-0.05, 0) is 97.5 Å². The summed E-state index contributed by atoms with van der Waals surface area (Å²) in [6.45, 7) is 6.34. The second kappa shape index (κ2) is 17.1. The molecule has 5 N–H and O–H groups in total. The van der Waals surface area contributed by atoms with E-state index >= 15 is 0 Å². The van der Waals surface area contributed by atoms with E-state index in [1.54, 1.807) is 6.33 Å². The van der Waals surface area contributed by atoms with E-state index < -0.39 is 17.7 Å². The molecule has 0 aliphatic carbocycles. The molecule has 3 aliphatic rings. The molecule has 3 aliphatic heterocycles. The van der Waals surface area contributed by atoms with E-state index in [9.17, 15) is 23.2 Å². The molecule has 3 amide bonds. The first-order valence-electron chi connectivity index (χ1n) is 20.5. The van der Waals surface area contributed by atoms with Gasteiger partial charge in [-0.25, -0.2) is 13.8 Å². The number of imidazole rings is 1. The molecule has 16 heteroatoms. The molecule has 5 heterocycles. The van der Waals surface area contributed by atoms with Crippen molar-refractivity contribution in [3.8, 4) is 0 Å². The molecule has 60 heavy (non-hydrogen) atoms. The SMILES string of the molecule is O=C1CCC(n2cnc3cc(NCCN4CCN(c5ccc(C(=O)Nc6n[nH]c7ccc(Cc8cc(F)cc(F)c8)cc67)c(NC6CCOCC6)c5)CC4)ccc32)C(=O)N1. The van der Waals surface area contributed by atoms with Crippen LogP contribution in [0.4, 0.5) is 31.7 Å². The van der Waals surface area contributed by atoms with Gasteiger partial charge in [-0.15, -0.1) is 0 Å². The summed E-state index contributed by atoms with van der Waals surface area (Å²) in [6.07, 6.45) is 4.42. The van der Waals surface area contributed by atoms with Crippen LogP contribution < -0.4 is 26.2 Å². The predicted molar refractivity (Wildman–Crippen MR) is 225 cm³/mol. The first kappa shape index (κ1) is 39.1. The number of benzene rings is 4. The average Bonchev–Trinajstić information content (AvgIpc) is 3.84. The number of piperazine rings is 1. The van der Waals surface area contributed by atoms with Gasteiger partial charge < -0.3 is 30.2 Å². The minimum atomic E-state index is -0.627. The van der Waals surface area contributed by atoms with Gasteiger partial charge in [0.05, 0.1) is 28.4 Å². The van der Waals surface area contributed by atoms with Gasteiger partial charge in [0.15, 0.2) is 5.82 Å². The first-order valence-corrected chi connectivity index (χ1v) is 20.5. The minimum absolute atomic E-state index is 0.160. The lowest BCUT2D eigenvalue weighted by Gasteiger charge is -2.36. The fourth-order valence-electron chi connectivity index (χ4n) is 8.42. The van der Waals surface area contributed by atoms with Crippen molar-refractivity contribution >= 4 is 62.5 Å². The normalized spacial score (nSPS) is 17.9. The second-order valence-electron chi connectivity index (χ2n) is 15.7. The lowest BCUT2D eigenvalue weighted by Crippen LogP contribution is -2.47. The highest BCUT2D eigenvalue weighted by atomic mass is 19.1. The van der Waals surface area contributed by atoms with Crippen LogP contribution in [0.15, 0.2) is 79.1 Å². The molecule has 6 aromatic rings. The summed E-state index contributed by atoms with van der Waals surface area (Å²) in [5.74, 6) is -1.72. The van der Waals surface area contributed by atoms with E-state index in [4.69, 9.17) is 4.74 Å². The Bertz CT molecular complexity index is 2540. The number of fused-ring (bicyclic) bond motifs is 2. The summed E-state index contributed by atoms with van der Waals surface area (Å²) in [4.78, 5) is 47.3. The summed E-state index contributed by atoms with van der Waals surface area (Å²) in [6, 6.07) is 20.7. The Balaban J connectivity index is 0.831. The van der Waals surface area contributed by atoms with E-state index in [-0.39, 0.29) is 23.8 Å². The molecular formula is C44H46F2N10O4. The fourth-order valence-corrected chi connectivity index (χ4v) is 8.42. The summed E-state index contributed by atoms with van der Waals surface area (Å²) in [7, 11) is 0. The molecule has 14 nitrogen and oxygen atoms in total. The number of aromatic nitrogens is 4. The number of imide groups is 1. The van der Waals surface area contributed by atoms with E-state index in [2.05, 4.69) is 52.3 Å². The Hall–Kier alpha value is -6.39. The Morgan fingerprint density at radius 1 is 0.883 bits per heavy atom. The average molecular weight is 817 g/mol. The number of amides is 3. The summed E-state index contributed by atoms with van der Waals surface area (Å²) in [5, 5.41) is 20.7. The van der Waals surface area contributed by atoms with Crippen LogP contribution in [0.1, 0.15) is 53.2 Å². The molecule has 0 bridgehead atoms. The van der Waals surface area contributed by atoms with Crippen LogP contribution in [0.3, 0.4) is 0 Å². The molecule has 9 rings (SSSR count). The van der Waals surface area contributed by atoms with Crippen molar-refractivity contribution in [2.45, 2.75) is 44.2 Å². The number of ether oxygens (including phenoxy) is 1. The minimum Gasteiger partial charge on any atom is -0.384 e. The van der Waals surface area contributed by atoms with Gasteiger partial charge in [0.25, 0.3) is 5.91 Å². The molecule has 0 radical (unpaired) electrons.